The largest absolute Gasteiger partial charge is 0.350 e. The van der Waals surface area contributed by atoms with Crippen molar-refractivity contribution < 1.29 is 0 Å². The lowest BCUT2D eigenvalue weighted by Crippen LogP contribution is -2.00. The topological polar surface area (TPSA) is 53.6 Å². The molecule has 2 aromatic heterocycles. The minimum atomic E-state index is 0.719. The number of anilines is 1. The Morgan fingerprint density at radius 3 is 3.17 bits per heavy atom. The van der Waals surface area contributed by atoms with Crippen molar-refractivity contribution >= 4 is 17.3 Å². The normalized spacial score (nSPS) is 10.0. The lowest BCUT2D eigenvalue weighted by atomic mass is 10.5. The lowest BCUT2D eigenvalue weighted by Gasteiger charge is -1.97. The Bertz CT molecular complexity index is 279. The van der Waals surface area contributed by atoms with E-state index >= 15 is 0 Å². The molecule has 0 radical (unpaired) electrons. The molecule has 0 atom stereocenters. The molecule has 0 saturated heterocycles. The zero-order valence-electron chi connectivity index (χ0n) is 6.32. The Labute approximate surface area is 73.7 Å². The minimum absolute atomic E-state index is 0.719. The molecule has 5 heteroatoms. The van der Waals surface area contributed by atoms with Gasteiger partial charge in [0.05, 0.1) is 17.7 Å². The molecule has 0 bridgehead atoms. The summed E-state index contributed by atoms with van der Waals surface area (Å²) in [5, 5.41) is 5.11. The predicted molar refractivity (Wildman–Crippen MR) is 48.0 cm³/mol. The van der Waals surface area contributed by atoms with Gasteiger partial charge in [-0.15, -0.1) is 11.3 Å². The van der Waals surface area contributed by atoms with E-state index in [-0.39, 0.29) is 0 Å². The molecular weight excluding hydrogens is 172 g/mol. The molecule has 0 amide bonds. The Hall–Kier alpha value is -1.36. The van der Waals surface area contributed by atoms with E-state index in [0.29, 0.717) is 0 Å². The number of nitrogens with one attached hydrogen (secondary N) is 2. The van der Waals surface area contributed by atoms with E-state index in [1.165, 1.54) is 0 Å². The third-order valence-corrected chi connectivity index (χ3v) is 2.05. The highest BCUT2D eigenvalue weighted by Gasteiger charge is 1.95. The third kappa shape index (κ3) is 1.62. The summed E-state index contributed by atoms with van der Waals surface area (Å²) in [5.74, 6) is 0.781. The standard InChI is InChI=1S/C7H8N4S/c1-2-9-7(8-1)10-3-6-4-12-5-11-6/h1-2,4-5H,3H2,(H2,8,9,10). The zero-order valence-corrected chi connectivity index (χ0v) is 7.14. The van der Waals surface area contributed by atoms with E-state index < -0.39 is 0 Å². The molecule has 0 saturated carbocycles. The van der Waals surface area contributed by atoms with Crippen LogP contribution in [-0.2, 0) is 6.54 Å². The molecular formula is C7H8N4S. The summed E-state index contributed by atoms with van der Waals surface area (Å²) in [7, 11) is 0. The van der Waals surface area contributed by atoms with E-state index in [9.17, 15) is 0 Å². The van der Waals surface area contributed by atoms with Gasteiger partial charge in [0.15, 0.2) is 5.95 Å². The first-order valence-corrected chi connectivity index (χ1v) is 4.50. The highest BCUT2D eigenvalue weighted by molar-refractivity contribution is 7.07. The highest BCUT2D eigenvalue weighted by atomic mass is 32.1. The number of hydrogen-bond donors (Lipinski definition) is 2. The number of nitrogens with zero attached hydrogens (tertiary/aromatic N) is 2. The Kier molecular flexibility index (Phi) is 2.04. The lowest BCUT2D eigenvalue weighted by molar-refractivity contribution is 1.04. The van der Waals surface area contributed by atoms with Crippen molar-refractivity contribution in [1.29, 1.82) is 0 Å². The number of aromatic amines is 1. The number of imidazole rings is 1. The van der Waals surface area contributed by atoms with Gasteiger partial charge in [-0.2, -0.15) is 0 Å². The number of H-pyrrole nitrogens is 1. The van der Waals surface area contributed by atoms with Crippen LogP contribution in [-0.4, -0.2) is 15.0 Å². The first kappa shape index (κ1) is 7.30. The number of aromatic nitrogens is 3. The summed E-state index contributed by atoms with van der Waals surface area (Å²) >= 11 is 1.60. The molecule has 0 aromatic carbocycles. The van der Waals surface area contributed by atoms with Gasteiger partial charge in [-0.1, -0.05) is 0 Å². The Balaban J connectivity index is 1.91. The Morgan fingerprint density at radius 1 is 1.50 bits per heavy atom. The molecule has 0 spiro atoms. The van der Waals surface area contributed by atoms with Crippen LogP contribution in [0.5, 0.6) is 0 Å². The van der Waals surface area contributed by atoms with Gasteiger partial charge in [-0.05, 0) is 0 Å². The van der Waals surface area contributed by atoms with Crippen LogP contribution in [0.15, 0.2) is 23.3 Å². The summed E-state index contributed by atoms with van der Waals surface area (Å²) in [6.07, 6.45) is 3.49. The summed E-state index contributed by atoms with van der Waals surface area (Å²) in [5.41, 5.74) is 2.86. The average molecular weight is 180 g/mol. The van der Waals surface area contributed by atoms with Gasteiger partial charge in [0, 0.05) is 17.8 Å². The number of hydrogen-bond acceptors (Lipinski definition) is 4. The van der Waals surface area contributed by atoms with Gasteiger partial charge in [0.1, 0.15) is 0 Å². The smallest absolute Gasteiger partial charge is 0.200 e. The fraction of sp³-hybridized carbons (Fsp3) is 0.143. The van der Waals surface area contributed by atoms with E-state index in [2.05, 4.69) is 20.3 Å². The second-order valence-electron chi connectivity index (χ2n) is 2.27. The minimum Gasteiger partial charge on any atom is -0.350 e. The fourth-order valence-corrected chi connectivity index (χ4v) is 1.42. The molecule has 0 aliphatic carbocycles. The second-order valence-corrected chi connectivity index (χ2v) is 2.99. The fourth-order valence-electron chi connectivity index (χ4n) is 0.861. The summed E-state index contributed by atoms with van der Waals surface area (Å²) in [4.78, 5) is 11.1. The molecule has 2 heterocycles. The van der Waals surface area contributed by atoms with Crippen molar-refractivity contribution in [3.8, 4) is 0 Å². The van der Waals surface area contributed by atoms with Crippen molar-refractivity contribution in [2.24, 2.45) is 0 Å². The van der Waals surface area contributed by atoms with Crippen LogP contribution in [0.2, 0.25) is 0 Å². The van der Waals surface area contributed by atoms with Crippen molar-refractivity contribution in [2.75, 3.05) is 5.32 Å². The van der Waals surface area contributed by atoms with Gasteiger partial charge in [0.2, 0.25) is 0 Å². The first-order chi connectivity index (χ1) is 5.95. The van der Waals surface area contributed by atoms with E-state index in [1.807, 2.05) is 10.9 Å². The van der Waals surface area contributed by atoms with Crippen LogP contribution in [0, 0.1) is 0 Å². The van der Waals surface area contributed by atoms with Crippen molar-refractivity contribution in [3.63, 3.8) is 0 Å². The SMILES string of the molecule is c1c[nH]c(NCc2cscn2)n1. The van der Waals surface area contributed by atoms with Crippen LogP contribution in [0.3, 0.4) is 0 Å². The average Bonchev–Trinajstić information content (AvgIpc) is 2.74. The maximum atomic E-state index is 4.13. The maximum absolute atomic E-state index is 4.13. The molecule has 62 valence electrons. The molecule has 2 rings (SSSR count). The van der Waals surface area contributed by atoms with Gasteiger partial charge >= 0.3 is 0 Å². The molecule has 4 nitrogen and oxygen atoms in total. The van der Waals surface area contributed by atoms with Crippen LogP contribution < -0.4 is 5.32 Å². The molecule has 0 aliphatic heterocycles. The highest BCUT2D eigenvalue weighted by Crippen LogP contribution is 2.03. The first-order valence-electron chi connectivity index (χ1n) is 3.55. The molecule has 12 heavy (non-hydrogen) atoms. The van der Waals surface area contributed by atoms with Crippen molar-refractivity contribution in [1.82, 2.24) is 15.0 Å². The molecule has 2 aromatic rings. The number of rotatable bonds is 3. The van der Waals surface area contributed by atoms with Gasteiger partial charge < -0.3 is 10.3 Å². The summed E-state index contributed by atoms with van der Waals surface area (Å²) in [6.45, 7) is 0.719. The summed E-state index contributed by atoms with van der Waals surface area (Å²) < 4.78 is 0. The maximum Gasteiger partial charge on any atom is 0.200 e. The quantitative estimate of drug-likeness (QED) is 0.752. The van der Waals surface area contributed by atoms with Gasteiger partial charge in [-0.3, -0.25) is 0 Å². The third-order valence-electron chi connectivity index (χ3n) is 1.42. The van der Waals surface area contributed by atoms with Crippen LogP contribution in [0.25, 0.3) is 0 Å². The molecule has 0 fully saturated rings. The van der Waals surface area contributed by atoms with Crippen molar-refractivity contribution in [2.45, 2.75) is 6.54 Å². The van der Waals surface area contributed by atoms with Crippen molar-refractivity contribution in [3.05, 3.63) is 29.0 Å². The Morgan fingerprint density at radius 2 is 2.50 bits per heavy atom. The van der Waals surface area contributed by atoms with Gasteiger partial charge in [-0.25, -0.2) is 9.97 Å². The van der Waals surface area contributed by atoms with E-state index in [4.69, 9.17) is 0 Å². The predicted octanol–water partition coefficient (Wildman–Crippen LogP) is 1.48. The molecule has 0 aliphatic rings. The molecule has 2 N–H and O–H groups in total. The van der Waals surface area contributed by atoms with Gasteiger partial charge in [0.25, 0.3) is 0 Å². The van der Waals surface area contributed by atoms with E-state index in [1.54, 1.807) is 23.7 Å². The van der Waals surface area contributed by atoms with Crippen LogP contribution in [0.1, 0.15) is 5.69 Å². The van der Waals surface area contributed by atoms with Crippen LogP contribution in [0.4, 0.5) is 5.95 Å². The molecule has 0 unspecified atom stereocenters. The van der Waals surface area contributed by atoms with E-state index in [0.717, 1.165) is 18.2 Å². The van der Waals surface area contributed by atoms with Crippen LogP contribution >= 0.6 is 11.3 Å². The summed E-state index contributed by atoms with van der Waals surface area (Å²) in [6, 6.07) is 0. The zero-order chi connectivity index (χ0) is 8.23. The monoisotopic (exact) mass is 180 g/mol. The second kappa shape index (κ2) is 3.36. The number of thiazole rings is 1.